The highest BCUT2D eigenvalue weighted by atomic mass is 32.2. The number of alkyl carbamates (subject to hydrolysis) is 1. The molecule has 1 amide bonds. The maximum absolute atomic E-state index is 12.2. The van der Waals surface area contributed by atoms with Crippen LogP contribution in [-0.4, -0.2) is 39.4 Å². The summed E-state index contributed by atoms with van der Waals surface area (Å²) in [5, 5.41) is 2.51. The van der Waals surface area contributed by atoms with Crippen LogP contribution in [0.2, 0.25) is 0 Å². The molecular weight excluding hydrogens is 398 g/mol. The molecule has 2 aromatic rings. The van der Waals surface area contributed by atoms with Crippen LogP contribution in [0.5, 0.6) is 5.75 Å². The molecule has 0 aromatic heterocycles. The Morgan fingerprint density at radius 1 is 0.966 bits per heavy atom. The van der Waals surface area contributed by atoms with Gasteiger partial charge in [0.15, 0.2) is 0 Å². The van der Waals surface area contributed by atoms with Crippen LogP contribution in [0.15, 0.2) is 54.6 Å². The van der Waals surface area contributed by atoms with Crippen LogP contribution in [-0.2, 0) is 37.4 Å². The van der Waals surface area contributed by atoms with Gasteiger partial charge in [-0.05, 0) is 30.2 Å². The predicted molar refractivity (Wildman–Crippen MR) is 106 cm³/mol. The van der Waals surface area contributed by atoms with Gasteiger partial charge in [-0.25, -0.2) is 9.59 Å². The Hall–Kier alpha value is -3.07. The lowest BCUT2D eigenvalue weighted by Crippen LogP contribution is -2.43. The topological polar surface area (TPSA) is 108 Å². The summed E-state index contributed by atoms with van der Waals surface area (Å²) in [6.07, 6.45) is 0.338. The van der Waals surface area contributed by atoms with Crippen molar-refractivity contribution >= 4 is 22.2 Å². The van der Waals surface area contributed by atoms with E-state index in [2.05, 4.69) is 5.32 Å². The van der Waals surface area contributed by atoms with Crippen molar-refractivity contribution in [2.45, 2.75) is 26.0 Å². The number of carbonyl (C=O) groups excluding carboxylic acids is 2. The molecule has 0 aliphatic carbocycles. The molecule has 29 heavy (non-hydrogen) atoms. The smallest absolute Gasteiger partial charge is 0.408 e. The van der Waals surface area contributed by atoms with E-state index in [-0.39, 0.29) is 25.4 Å². The SMILES string of the molecule is CCOC(=O)C(Cc1ccc(OS(C)(=O)=O)cc1)NC(=O)OCc1ccccc1. The van der Waals surface area contributed by atoms with E-state index >= 15 is 0 Å². The Kier molecular flexibility index (Phi) is 8.02. The Balaban J connectivity index is 2.00. The molecule has 0 saturated carbocycles. The lowest BCUT2D eigenvalue weighted by molar-refractivity contribution is -0.145. The van der Waals surface area contributed by atoms with Gasteiger partial charge >= 0.3 is 22.2 Å². The third-order valence-electron chi connectivity index (χ3n) is 3.69. The molecule has 2 aromatic carbocycles. The van der Waals surface area contributed by atoms with Gasteiger partial charge in [0.2, 0.25) is 0 Å². The fourth-order valence-corrected chi connectivity index (χ4v) is 2.90. The second kappa shape index (κ2) is 10.5. The van der Waals surface area contributed by atoms with Crippen molar-refractivity contribution in [2.75, 3.05) is 12.9 Å². The van der Waals surface area contributed by atoms with E-state index in [1.54, 1.807) is 19.1 Å². The van der Waals surface area contributed by atoms with Gasteiger partial charge in [0.1, 0.15) is 18.4 Å². The van der Waals surface area contributed by atoms with E-state index in [4.69, 9.17) is 13.7 Å². The highest BCUT2D eigenvalue weighted by Gasteiger charge is 2.23. The number of nitrogens with one attached hydrogen (secondary N) is 1. The van der Waals surface area contributed by atoms with Gasteiger partial charge in [0.05, 0.1) is 12.9 Å². The molecule has 0 aliphatic heterocycles. The van der Waals surface area contributed by atoms with Gasteiger partial charge in [0, 0.05) is 6.42 Å². The molecule has 0 fully saturated rings. The minimum absolute atomic E-state index is 0.0692. The van der Waals surface area contributed by atoms with Crippen LogP contribution in [0.25, 0.3) is 0 Å². The number of hydrogen-bond acceptors (Lipinski definition) is 7. The van der Waals surface area contributed by atoms with Crippen molar-refractivity contribution in [2.24, 2.45) is 0 Å². The summed E-state index contributed by atoms with van der Waals surface area (Å²) >= 11 is 0. The van der Waals surface area contributed by atoms with Crippen LogP contribution in [0.1, 0.15) is 18.1 Å². The van der Waals surface area contributed by atoms with E-state index in [0.717, 1.165) is 11.8 Å². The quantitative estimate of drug-likeness (QED) is 0.489. The van der Waals surface area contributed by atoms with Crippen LogP contribution in [0.4, 0.5) is 4.79 Å². The molecular formula is C20H23NO7S. The summed E-state index contributed by atoms with van der Waals surface area (Å²) in [6, 6.07) is 14.3. The maximum Gasteiger partial charge on any atom is 0.408 e. The van der Waals surface area contributed by atoms with E-state index in [1.165, 1.54) is 12.1 Å². The second-order valence-corrected chi connectivity index (χ2v) is 7.72. The van der Waals surface area contributed by atoms with E-state index < -0.39 is 28.2 Å². The molecule has 1 N–H and O–H groups in total. The van der Waals surface area contributed by atoms with Crippen molar-refractivity contribution < 1.29 is 31.7 Å². The van der Waals surface area contributed by atoms with Gasteiger partial charge < -0.3 is 19.0 Å². The van der Waals surface area contributed by atoms with Crippen LogP contribution in [0, 0.1) is 0 Å². The first-order valence-corrected chi connectivity index (χ1v) is 10.7. The summed E-state index contributed by atoms with van der Waals surface area (Å²) in [7, 11) is -3.63. The number of esters is 1. The highest BCUT2D eigenvalue weighted by molar-refractivity contribution is 7.86. The molecule has 0 heterocycles. The number of rotatable bonds is 9. The van der Waals surface area contributed by atoms with Crippen molar-refractivity contribution in [3.63, 3.8) is 0 Å². The van der Waals surface area contributed by atoms with Crippen molar-refractivity contribution in [1.29, 1.82) is 0 Å². The Morgan fingerprint density at radius 2 is 1.62 bits per heavy atom. The van der Waals surface area contributed by atoms with Crippen molar-refractivity contribution in [3.05, 3.63) is 65.7 Å². The summed E-state index contributed by atoms with van der Waals surface area (Å²) in [4.78, 5) is 24.3. The van der Waals surface area contributed by atoms with Gasteiger partial charge in [-0.3, -0.25) is 0 Å². The maximum atomic E-state index is 12.2. The number of hydrogen-bond donors (Lipinski definition) is 1. The van der Waals surface area contributed by atoms with Crippen LogP contribution >= 0.6 is 0 Å². The number of carbonyl (C=O) groups is 2. The number of ether oxygens (including phenoxy) is 2. The first-order valence-electron chi connectivity index (χ1n) is 8.89. The summed E-state index contributed by atoms with van der Waals surface area (Å²) in [5.74, 6) is -0.445. The van der Waals surface area contributed by atoms with Gasteiger partial charge in [0.25, 0.3) is 0 Å². The van der Waals surface area contributed by atoms with Gasteiger partial charge in [-0.2, -0.15) is 8.42 Å². The first kappa shape index (κ1) is 22.2. The third kappa shape index (κ3) is 8.22. The van der Waals surface area contributed by atoms with Crippen LogP contribution < -0.4 is 9.50 Å². The molecule has 1 atom stereocenters. The largest absolute Gasteiger partial charge is 0.464 e. The van der Waals surface area contributed by atoms with Crippen LogP contribution in [0.3, 0.4) is 0 Å². The zero-order chi connectivity index (χ0) is 21.3. The standard InChI is InChI=1S/C20H23NO7S/c1-3-26-19(22)18(21-20(23)27-14-16-7-5-4-6-8-16)13-15-9-11-17(12-10-15)28-29(2,24)25/h4-12,18H,3,13-14H2,1-2H3,(H,21,23). The van der Waals surface area contributed by atoms with Crippen molar-refractivity contribution in [3.8, 4) is 5.75 Å². The van der Waals surface area contributed by atoms with E-state index in [0.29, 0.717) is 5.56 Å². The monoisotopic (exact) mass is 421 g/mol. The lowest BCUT2D eigenvalue weighted by Gasteiger charge is -2.17. The fourth-order valence-electron chi connectivity index (χ4n) is 2.43. The summed E-state index contributed by atoms with van der Waals surface area (Å²) in [5.41, 5.74) is 1.49. The lowest BCUT2D eigenvalue weighted by atomic mass is 10.1. The Bertz CT molecular complexity index is 912. The Labute approximate surface area is 169 Å². The number of benzene rings is 2. The fraction of sp³-hybridized carbons (Fsp3) is 0.300. The predicted octanol–water partition coefficient (Wildman–Crippen LogP) is 2.43. The van der Waals surface area contributed by atoms with Gasteiger partial charge in [-0.1, -0.05) is 42.5 Å². The molecule has 0 radical (unpaired) electrons. The Morgan fingerprint density at radius 3 is 2.21 bits per heavy atom. The molecule has 0 bridgehead atoms. The summed E-state index contributed by atoms with van der Waals surface area (Å²) in [6.45, 7) is 1.90. The normalized spacial score (nSPS) is 11.9. The molecule has 156 valence electrons. The molecule has 1 unspecified atom stereocenters. The molecule has 2 rings (SSSR count). The highest BCUT2D eigenvalue weighted by Crippen LogP contribution is 2.15. The zero-order valence-electron chi connectivity index (χ0n) is 16.2. The molecule has 0 spiro atoms. The number of amides is 1. The first-order chi connectivity index (χ1) is 13.8. The molecule has 9 heteroatoms. The summed E-state index contributed by atoms with van der Waals surface area (Å²) < 4.78 is 37.3. The van der Waals surface area contributed by atoms with E-state index in [9.17, 15) is 18.0 Å². The minimum atomic E-state index is -3.63. The van der Waals surface area contributed by atoms with E-state index in [1.807, 2.05) is 30.3 Å². The van der Waals surface area contributed by atoms with Crippen molar-refractivity contribution in [1.82, 2.24) is 5.32 Å². The average molecular weight is 421 g/mol. The average Bonchev–Trinajstić information content (AvgIpc) is 2.67. The molecule has 8 nitrogen and oxygen atoms in total. The van der Waals surface area contributed by atoms with Gasteiger partial charge in [-0.15, -0.1) is 0 Å². The molecule has 0 saturated heterocycles. The second-order valence-electron chi connectivity index (χ2n) is 6.15. The molecule has 0 aliphatic rings. The minimum Gasteiger partial charge on any atom is -0.464 e. The zero-order valence-corrected chi connectivity index (χ0v) is 17.0. The third-order valence-corrected chi connectivity index (χ3v) is 4.18.